The molecule has 2 amide bonds. The van der Waals surface area contributed by atoms with Gasteiger partial charge < -0.3 is 10.4 Å². The van der Waals surface area contributed by atoms with Gasteiger partial charge in [-0.05, 0) is 60.4 Å². The number of hydrogen-bond acceptors (Lipinski definition) is 6. The number of benzene rings is 1. The fourth-order valence-electron chi connectivity index (χ4n) is 4.75. The summed E-state index contributed by atoms with van der Waals surface area (Å²) in [5.74, 6) is -0.385. The van der Waals surface area contributed by atoms with Crippen LogP contribution in [0.1, 0.15) is 18.5 Å². The van der Waals surface area contributed by atoms with Crippen LogP contribution in [0.2, 0.25) is 0 Å². The molecular weight excluding hydrogens is 494 g/mol. The monoisotopic (exact) mass is 519 g/mol. The average Bonchev–Trinajstić information content (AvgIpc) is 3.55. The summed E-state index contributed by atoms with van der Waals surface area (Å²) in [4.78, 5) is 33.9. The van der Waals surface area contributed by atoms with Gasteiger partial charge in [0.2, 0.25) is 5.91 Å². The van der Waals surface area contributed by atoms with Gasteiger partial charge in [0.05, 0.1) is 4.90 Å². The highest BCUT2D eigenvalue weighted by Gasteiger charge is 2.34. The molecule has 4 aromatic rings. The van der Waals surface area contributed by atoms with Gasteiger partial charge >= 0.3 is 6.09 Å². The highest BCUT2D eigenvalue weighted by Crippen LogP contribution is 2.32. The number of amides is 2. The van der Waals surface area contributed by atoms with Crippen LogP contribution in [-0.4, -0.2) is 63.5 Å². The van der Waals surface area contributed by atoms with Gasteiger partial charge in [-0.3, -0.25) is 14.7 Å². The SMILES string of the molecule is O=C(NCCc1cc2c(-c3ccncc3)ccnc2n1S(=O)(=O)c1ccccc1)C1CCCN1C(=O)O. The molecule has 0 bridgehead atoms. The first-order valence-electron chi connectivity index (χ1n) is 11.9. The van der Waals surface area contributed by atoms with Crippen molar-refractivity contribution in [3.8, 4) is 11.1 Å². The summed E-state index contributed by atoms with van der Waals surface area (Å²) in [6.07, 6.45) is 5.06. The predicted molar refractivity (Wildman–Crippen MR) is 136 cm³/mol. The fraction of sp³-hybridized carbons (Fsp3) is 0.231. The van der Waals surface area contributed by atoms with E-state index in [9.17, 15) is 23.1 Å². The molecule has 0 aliphatic carbocycles. The zero-order valence-electron chi connectivity index (χ0n) is 19.8. The molecule has 190 valence electrons. The summed E-state index contributed by atoms with van der Waals surface area (Å²) >= 11 is 0. The summed E-state index contributed by atoms with van der Waals surface area (Å²) in [6.45, 7) is 0.453. The summed E-state index contributed by atoms with van der Waals surface area (Å²) in [5.41, 5.74) is 2.41. The van der Waals surface area contributed by atoms with Gasteiger partial charge in [-0.2, -0.15) is 0 Å². The first-order valence-corrected chi connectivity index (χ1v) is 13.3. The lowest BCUT2D eigenvalue weighted by Crippen LogP contribution is -2.45. The van der Waals surface area contributed by atoms with Gasteiger partial charge in [0.15, 0.2) is 5.65 Å². The molecule has 1 aromatic carbocycles. The van der Waals surface area contributed by atoms with Crippen LogP contribution in [0.4, 0.5) is 4.79 Å². The molecule has 1 aliphatic heterocycles. The molecule has 0 spiro atoms. The summed E-state index contributed by atoms with van der Waals surface area (Å²) in [6, 6.07) is 14.7. The zero-order chi connectivity index (χ0) is 26.0. The summed E-state index contributed by atoms with van der Waals surface area (Å²) in [7, 11) is -4.00. The third-order valence-electron chi connectivity index (χ3n) is 6.49. The van der Waals surface area contributed by atoms with E-state index in [1.165, 1.54) is 16.1 Å². The van der Waals surface area contributed by atoms with Crippen LogP contribution < -0.4 is 5.32 Å². The summed E-state index contributed by atoms with van der Waals surface area (Å²) < 4.78 is 28.7. The Balaban J connectivity index is 1.52. The number of aromatic nitrogens is 3. The quantitative estimate of drug-likeness (QED) is 0.383. The molecule has 2 N–H and O–H groups in total. The Labute approximate surface area is 213 Å². The van der Waals surface area contributed by atoms with Crippen molar-refractivity contribution in [1.29, 1.82) is 0 Å². The van der Waals surface area contributed by atoms with Gasteiger partial charge in [0, 0.05) is 49.2 Å². The van der Waals surface area contributed by atoms with Gasteiger partial charge in [-0.25, -0.2) is 22.2 Å². The Bertz CT molecular complexity index is 1550. The van der Waals surface area contributed by atoms with Gasteiger partial charge in [0.25, 0.3) is 10.0 Å². The molecular formula is C26H25N5O5S. The molecule has 5 rings (SSSR count). The van der Waals surface area contributed by atoms with Gasteiger partial charge in [-0.1, -0.05) is 18.2 Å². The maximum Gasteiger partial charge on any atom is 0.407 e. The highest BCUT2D eigenvalue weighted by molar-refractivity contribution is 7.90. The summed E-state index contributed by atoms with van der Waals surface area (Å²) in [5, 5.41) is 12.8. The molecule has 37 heavy (non-hydrogen) atoms. The van der Waals surface area contributed by atoms with Crippen LogP contribution in [0.25, 0.3) is 22.2 Å². The molecule has 11 heteroatoms. The van der Waals surface area contributed by atoms with E-state index in [4.69, 9.17) is 0 Å². The van der Waals surface area contributed by atoms with Crippen LogP contribution in [0, 0.1) is 0 Å². The molecule has 1 unspecified atom stereocenters. The number of nitrogens with one attached hydrogen (secondary N) is 1. The second kappa shape index (κ2) is 10.0. The molecule has 1 aliphatic rings. The molecule has 1 fully saturated rings. The van der Waals surface area contributed by atoms with E-state index < -0.39 is 22.2 Å². The number of likely N-dealkylation sites (tertiary alicyclic amines) is 1. The minimum absolute atomic E-state index is 0.122. The van der Waals surface area contributed by atoms with Gasteiger partial charge in [-0.15, -0.1) is 0 Å². The molecule has 1 atom stereocenters. The first-order chi connectivity index (χ1) is 17.9. The number of carboxylic acid groups (broad SMARTS) is 1. The number of carbonyl (C=O) groups excluding carboxylic acids is 1. The smallest absolute Gasteiger partial charge is 0.407 e. The van der Waals surface area contributed by atoms with Crippen LogP contribution >= 0.6 is 0 Å². The van der Waals surface area contributed by atoms with Crippen LogP contribution in [0.3, 0.4) is 0 Å². The van der Waals surface area contributed by atoms with E-state index in [1.807, 2.05) is 18.2 Å². The van der Waals surface area contributed by atoms with Crippen molar-refractivity contribution in [1.82, 2.24) is 24.2 Å². The Morgan fingerprint density at radius 2 is 1.81 bits per heavy atom. The van der Waals surface area contributed by atoms with Crippen molar-refractivity contribution in [2.45, 2.75) is 30.2 Å². The number of pyridine rings is 2. The van der Waals surface area contributed by atoms with Crippen LogP contribution in [0.5, 0.6) is 0 Å². The van der Waals surface area contributed by atoms with E-state index in [1.54, 1.807) is 42.9 Å². The average molecular weight is 520 g/mol. The van der Waals surface area contributed by atoms with Crippen molar-refractivity contribution >= 4 is 33.1 Å². The number of hydrogen-bond donors (Lipinski definition) is 2. The maximum absolute atomic E-state index is 13.8. The normalized spacial score (nSPS) is 15.7. The molecule has 4 heterocycles. The van der Waals surface area contributed by atoms with Crippen molar-refractivity contribution in [3.63, 3.8) is 0 Å². The standard InChI is InChI=1S/C26H25N5O5S/c32-25(23-7-4-16-30(23)26(33)34)29-14-10-19-17-22-21(18-8-12-27-13-9-18)11-15-28-24(22)31(19)37(35,36)20-5-2-1-3-6-20/h1-3,5-6,8-9,11-13,15,17,23H,4,7,10,14,16H2,(H,29,32)(H,33,34). The van der Waals surface area contributed by atoms with E-state index in [-0.39, 0.29) is 29.4 Å². The molecule has 0 radical (unpaired) electrons. The van der Waals surface area contributed by atoms with E-state index in [2.05, 4.69) is 15.3 Å². The predicted octanol–water partition coefficient (Wildman–Crippen LogP) is 3.14. The Morgan fingerprint density at radius 1 is 1.05 bits per heavy atom. The van der Waals surface area contributed by atoms with Crippen LogP contribution in [-0.2, 0) is 21.2 Å². The lowest BCUT2D eigenvalue weighted by Gasteiger charge is -2.20. The van der Waals surface area contributed by atoms with E-state index in [0.717, 1.165) is 16.0 Å². The Hall–Kier alpha value is -4.25. The minimum atomic E-state index is -4.00. The number of rotatable bonds is 7. The number of nitrogens with zero attached hydrogens (tertiary/aromatic N) is 4. The topological polar surface area (TPSA) is 134 Å². The first kappa shape index (κ1) is 24.4. The van der Waals surface area contributed by atoms with Crippen molar-refractivity contribution in [2.24, 2.45) is 0 Å². The minimum Gasteiger partial charge on any atom is -0.465 e. The molecule has 10 nitrogen and oxygen atoms in total. The highest BCUT2D eigenvalue weighted by atomic mass is 32.2. The van der Waals surface area contributed by atoms with E-state index >= 15 is 0 Å². The second-order valence-electron chi connectivity index (χ2n) is 8.72. The zero-order valence-corrected chi connectivity index (χ0v) is 20.6. The van der Waals surface area contributed by atoms with Gasteiger partial charge in [0.1, 0.15) is 6.04 Å². The Kier molecular flexibility index (Phi) is 6.62. The Morgan fingerprint density at radius 3 is 2.54 bits per heavy atom. The maximum atomic E-state index is 13.8. The lowest BCUT2D eigenvalue weighted by molar-refractivity contribution is -0.124. The number of fused-ring (bicyclic) bond motifs is 1. The van der Waals surface area contributed by atoms with Crippen molar-refractivity contribution in [3.05, 3.63) is 78.9 Å². The van der Waals surface area contributed by atoms with Crippen molar-refractivity contribution < 1.29 is 23.1 Å². The number of carbonyl (C=O) groups is 2. The van der Waals surface area contributed by atoms with E-state index in [0.29, 0.717) is 30.5 Å². The second-order valence-corrected chi connectivity index (χ2v) is 10.5. The third-order valence-corrected chi connectivity index (χ3v) is 8.24. The molecule has 3 aromatic heterocycles. The molecule has 0 saturated carbocycles. The van der Waals surface area contributed by atoms with Crippen molar-refractivity contribution in [2.75, 3.05) is 13.1 Å². The van der Waals surface area contributed by atoms with Crippen LogP contribution in [0.15, 0.2) is 78.1 Å². The fourth-order valence-corrected chi connectivity index (χ4v) is 6.29. The third kappa shape index (κ3) is 4.65. The lowest BCUT2D eigenvalue weighted by atomic mass is 10.1. The molecule has 1 saturated heterocycles. The largest absolute Gasteiger partial charge is 0.465 e.